The number of aliphatic carboxylic acids is 1. The number of aryl methyl sites for hydroxylation is 1. The van der Waals surface area contributed by atoms with Gasteiger partial charge in [-0.2, -0.15) is 5.10 Å². The van der Waals surface area contributed by atoms with Gasteiger partial charge in [-0.3, -0.25) is 9.59 Å². The highest BCUT2D eigenvalue weighted by Crippen LogP contribution is 2.30. The molecule has 0 saturated carbocycles. The van der Waals surface area contributed by atoms with Crippen LogP contribution in [0.4, 0.5) is 0 Å². The number of nitrogens with zero attached hydrogens (tertiary/aromatic N) is 2. The maximum Gasteiger partial charge on any atom is 0.307 e. The number of Topliss-reactive ketones (excluding diaryl/α,β-unsaturated/α-hetero) is 1. The number of hydrogen-bond acceptors (Lipinski definition) is 3. The molecule has 1 aromatic carbocycles. The Morgan fingerprint density at radius 3 is 2.75 bits per heavy atom. The fraction of sp³-hybridized carbons (Fsp3) is 0.348. The molecule has 0 radical (unpaired) electrons. The average molecular weight is 376 g/mol. The molecule has 1 N–H and O–H groups in total. The van der Waals surface area contributed by atoms with Gasteiger partial charge in [0.05, 0.1) is 18.1 Å². The predicted octanol–water partition coefficient (Wildman–Crippen LogP) is 4.10. The lowest BCUT2D eigenvalue weighted by molar-refractivity contribution is -0.136. The number of fused-ring (bicyclic) bond motifs is 2. The Labute approximate surface area is 164 Å². The Balaban J connectivity index is 1.70. The Kier molecular flexibility index (Phi) is 4.99. The van der Waals surface area contributed by atoms with Gasteiger partial charge in [0.15, 0.2) is 0 Å². The van der Waals surface area contributed by atoms with Gasteiger partial charge in [0.25, 0.3) is 0 Å². The second-order valence-electron chi connectivity index (χ2n) is 7.73. The predicted molar refractivity (Wildman–Crippen MR) is 107 cm³/mol. The number of carbonyl (C=O) groups excluding carboxylic acids is 1. The van der Waals surface area contributed by atoms with Crippen molar-refractivity contribution in [2.24, 2.45) is 5.92 Å². The van der Waals surface area contributed by atoms with Gasteiger partial charge in [-0.1, -0.05) is 24.6 Å². The molecule has 1 aliphatic carbocycles. The lowest BCUT2D eigenvalue weighted by atomic mass is 9.84. The van der Waals surface area contributed by atoms with Crippen LogP contribution in [0.25, 0.3) is 16.6 Å². The Morgan fingerprint density at radius 2 is 1.96 bits per heavy atom. The Bertz CT molecular complexity index is 1050. The van der Waals surface area contributed by atoms with Crippen molar-refractivity contribution < 1.29 is 14.7 Å². The van der Waals surface area contributed by atoms with Crippen molar-refractivity contribution in [1.82, 2.24) is 9.61 Å². The highest BCUT2D eigenvalue weighted by Gasteiger charge is 2.19. The van der Waals surface area contributed by atoms with E-state index >= 15 is 0 Å². The molecule has 1 aliphatic rings. The van der Waals surface area contributed by atoms with E-state index in [4.69, 9.17) is 5.11 Å². The van der Waals surface area contributed by atoms with Crippen LogP contribution in [-0.4, -0.2) is 26.5 Å². The van der Waals surface area contributed by atoms with Crippen molar-refractivity contribution in [1.29, 1.82) is 0 Å². The third kappa shape index (κ3) is 3.70. The molecular formula is C23H24N2O3. The minimum Gasteiger partial charge on any atom is -0.481 e. The smallest absolute Gasteiger partial charge is 0.307 e. The van der Waals surface area contributed by atoms with E-state index in [-0.39, 0.29) is 18.1 Å². The summed E-state index contributed by atoms with van der Waals surface area (Å²) in [5.74, 6) is -0.442. The Morgan fingerprint density at radius 1 is 1.14 bits per heavy atom. The van der Waals surface area contributed by atoms with Gasteiger partial charge in [-0.05, 0) is 67.0 Å². The zero-order valence-corrected chi connectivity index (χ0v) is 16.0. The fourth-order valence-electron chi connectivity index (χ4n) is 4.17. The number of pyridine rings is 1. The van der Waals surface area contributed by atoms with Crippen molar-refractivity contribution in [3.63, 3.8) is 0 Å². The van der Waals surface area contributed by atoms with Crippen molar-refractivity contribution >= 4 is 17.3 Å². The fourth-order valence-corrected chi connectivity index (χ4v) is 4.17. The molecule has 0 spiro atoms. The third-order valence-electron chi connectivity index (χ3n) is 5.77. The number of aromatic nitrogens is 2. The monoisotopic (exact) mass is 376 g/mol. The summed E-state index contributed by atoms with van der Waals surface area (Å²) >= 11 is 0. The highest BCUT2D eigenvalue weighted by molar-refractivity contribution is 5.79. The minimum absolute atomic E-state index is 0.0381. The number of benzene rings is 1. The molecule has 5 nitrogen and oxygen atoms in total. The van der Waals surface area contributed by atoms with Crippen LogP contribution in [0.5, 0.6) is 0 Å². The summed E-state index contributed by atoms with van der Waals surface area (Å²) in [7, 11) is 0. The van der Waals surface area contributed by atoms with Crippen LogP contribution in [0, 0.1) is 5.92 Å². The second kappa shape index (κ2) is 7.58. The van der Waals surface area contributed by atoms with Crippen molar-refractivity contribution in [2.45, 2.75) is 45.4 Å². The summed E-state index contributed by atoms with van der Waals surface area (Å²) in [6.45, 7) is 1.70. The molecule has 3 aromatic rings. The topological polar surface area (TPSA) is 71.7 Å². The zero-order valence-electron chi connectivity index (χ0n) is 16.0. The van der Waals surface area contributed by atoms with E-state index in [0.717, 1.165) is 48.7 Å². The maximum atomic E-state index is 11.9. The van der Waals surface area contributed by atoms with E-state index in [2.05, 4.69) is 23.3 Å². The second-order valence-corrected chi connectivity index (χ2v) is 7.73. The van der Waals surface area contributed by atoms with Crippen molar-refractivity contribution in [2.75, 3.05) is 0 Å². The van der Waals surface area contributed by atoms with Gasteiger partial charge >= 0.3 is 5.97 Å². The maximum absolute atomic E-state index is 11.9. The van der Waals surface area contributed by atoms with Crippen LogP contribution in [0.3, 0.4) is 0 Å². The lowest BCUT2D eigenvalue weighted by Crippen LogP contribution is -2.17. The van der Waals surface area contributed by atoms with Gasteiger partial charge in [0.2, 0.25) is 0 Å². The molecule has 0 saturated heterocycles. The first-order valence-electron chi connectivity index (χ1n) is 9.82. The third-order valence-corrected chi connectivity index (χ3v) is 5.77. The number of ketones is 1. The molecule has 5 heteroatoms. The summed E-state index contributed by atoms with van der Waals surface area (Å²) in [5.41, 5.74) is 6.30. The van der Waals surface area contributed by atoms with Gasteiger partial charge < -0.3 is 5.11 Å². The Hall–Kier alpha value is -2.95. The molecule has 2 heterocycles. The van der Waals surface area contributed by atoms with E-state index in [0.29, 0.717) is 5.56 Å². The summed E-state index contributed by atoms with van der Waals surface area (Å²) in [6.07, 6.45) is 8.50. The van der Waals surface area contributed by atoms with Crippen LogP contribution in [-0.2, 0) is 28.9 Å². The summed E-state index contributed by atoms with van der Waals surface area (Å²) in [6, 6.07) is 10.5. The SMILES string of the molecule is CC(=O)C1CCCCc2cc(-c3ccn4ncc(CC(=O)O)c4c3)ccc2C1. The van der Waals surface area contributed by atoms with Crippen LogP contribution in [0.15, 0.2) is 42.7 Å². The number of hydrogen-bond donors (Lipinski definition) is 1. The molecule has 0 bridgehead atoms. The van der Waals surface area contributed by atoms with Gasteiger partial charge in [-0.25, -0.2) is 4.52 Å². The zero-order chi connectivity index (χ0) is 19.7. The quantitative estimate of drug-likeness (QED) is 0.744. The number of carbonyl (C=O) groups is 2. The summed E-state index contributed by atoms with van der Waals surface area (Å²) < 4.78 is 1.72. The molecule has 144 valence electrons. The molecule has 4 rings (SSSR count). The van der Waals surface area contributed by atoms with E-state index in [1.165, 1.54) is 11.1 Å². The van der Waals surface area contributed by atoms with E-state index in [9.17, 15) is 9.59 Å². The molecule has 2 aromatic heterocycles. The summed E-state index contributed by atoms with van der Waals surface area (Å²) in [4.78, 5) is 23.0. The molecule has 0 fully saturated rings. The minimum atomic E-state index is -0.860. The van der Waals surface area contributed by atoms with Crippen molar-refractivity contribution in [3.8, 4) is 11.1 Å². The van der Waals surface area contributed by atoms with E-state index in [1.54, 1.807) is 17.6 Å². The van der Waals surface area contributed by atoms with Crippen LogP contribution >= 0.6 is 0 Å². The number of carboxylic acids is 1. The molecule has 1 unspecified atom stereocenters. The van der Waals surface area contributed by atoms with Gasteiger partial charge in [0.1, 0.15) is 5.78 Å². The molecule has 0 aliphatic heterocycles. The van der Waals surface area contributed by atoms with Crippen LogP contribution in [0.2, 0.25) is 0 Å². The van der Waals surface area contributed by atoms with Gasteiger partial charge in [-0.15, -0.1) is 0 Å². The van der Waals surface area contributed by atoms with E-state index < -0.39 is 5.97 Å². The number of carboxylic acid groups (broad SMARTS) is 1. The first kappa shape index (κ1) is 18.4. The van der Waals surface area contributed by atoms with Crippen LogP contribution in [0.1, 0.15) is 42.9 Å². The van der Waals surface area contributed by atoms with Crippen LogP contribution < -0.4 is 0 Å². The molecular weight excluding hydrogens is 352 g/mol. The molecule has 28 heavy (non-hydrogen) atoms. The lowest BCUT2D eigenvalue weighted by Gasteiger charge is -2.20. The van der Waals surface area contributed by atoms with Gasteiger partial charge in [0, 0.05) is 17.7 Å². The normalized spacial score (nSPS) is 17.0. The van der Waals surface area contributed by atoms with E-state index in [1.807, 2.05) is 18.3 Å². The molecule has 1 atom stereocenters. The largest absolute Gasteiger partial charge is 0.481 e. The molecule has 0 amide bonds. The highest BCUT2D eigenvalue weighted by atomic mass is 16.4. The average Bonchev–Trinajstić information content (AvgIpc) is 3.03. The summed E-state index contributed by atoms with van der Waals surface area (Å²) in [5, 5.41) is 13.4. The first-order chi connectivity index (χ1) is 13.5. The standard InChI is InChI=1S/C23H24N2O3/c1-15(26)16-4-2-3-5-17-11-19(7-6-18(17)10-16)20-8-9-25-22(12-20)21(14-24-25)13-23(27)28/h6-9,11-12,14,16H,2-5,10,13H2,1H3,(H,27,28). The first-order valence-corrected chi connectivity index (χ1v) is 9.82. The van der Waals surface area contributed by atoms with Crippen molar-refractivity contribution in [3.05, 3.63) is 59.4 Å². The number of rotatable bonds is 4.